The first-order valence-electron chi connectivity index (χ1n) is 13.4. The smallest absolute Gasteiger partial charge is 0.305 e. The Morgan fingerprint density at radius 2 is 1.87 bits per heavy atom. The van der Waals surface area contributed by atoms with Crippen LogP contribution in [0.25, 0.3) is 0 Å². The van der Waals surface area contributed by atoms with E-state index in [-0.39, 0.29) is 42.3 Å². The molecule has 2 aromatic rings. The third-order valence-electron chi connectivity index (χ3n) is 7.93. The quantitative estimate of drug-likeness (QED) is 0.232. The van der Waals surface area contributed by atoms with Gasteiger partial charge in [-0.1, -0.05) is 25.1 Å². The summed E-state index contributed by atoms with van der Waals surface area (Å²) >= 11 is 0. The zero-order chi connectivity index (χ0) is 28.4. The van der Waals surface area contributed by atoms with Crippen molar-refractivity contribution in [1.29, 1.82) is 0 Å². The van der Waals surface area contributed by atoms with Crippen LogP contribution in [0.15, 0.2) is 48.5 Å². The highest BCUT2D eigenvalue weighted by Gasteiger charge is 2.66. The molecule has 9 nitrogen and oxygen atoms in total. The van der Waals surface area contributed by atoms with E-state index in [1.807, 2.05) is 32.2 Å². The van der Waals surface area contributed by atoms with Crippen LogP contribution in [-0.4, -0.2) is 62.4 Å². The molecule has 0 bridgehead atoms. The maximum absolute atomic E-state index is 14.3. The minimum Gasteiger partial charge on any atom is -0.469 e. The summed E-state index contributed by atoms with van der Waals surface area (Å²) in [5.41, 5.74) is 0.718. The van der Waals surface area contributed by atoms with Crippen LogP contribution in [0.3, 0.4) is 0 Å². The highest BCUT2D eigenvalue weighted by Crippen LogP contribution is 2.59. The molecule has 2 aliphatic heterocycles. The summed E-state index contributed by atoms with van der Waals surface area (Å²) in [6.45, 7) is 5.86. The molecule has 2 aromatic carbocycles. The van der Waals surface area contributed by atoms with E-state index < -0.39 is 20.0 Å². The number of aliphatic hydroxyl groups is 1. The molecule has 4 atom stereocenters. The van der Waals surface area contributed by atoms with Crippen LogP contribution < -0.4 is 10.2 Å². The second-order valence-electron chi connectivity index (χ2n) is 10.9. The molecule has 0 aromatic heterocycles. The molecule has 210 valence electrons. The number of nitrogens with zero attached hydrogens (tertiary/aromatic N) is 1. The topological polar surface area (TPSA) is 125 Å². The molecule has 0 saturated carbocycles. The lowest BCUT2D eigenvalue weighted by Gasteiger charge is -2.32. The summed E-state index contributed by atoms with van der Waals surface area (Å²) in [5, 5.41) is 12.7. The van der Waals surface area contributed by atoms with Gasteiger partial charge in [0.25, 0.3) is 11.8 Å². The first-order chi connectivity index (χ1) is 18.5. The van der Waals surface area contributed by atoms with Crippen molar-refractivity contribution in [2.75, 3.05) is 30.5 Å². The fraction of sp³-hybridized carbons (Fsp3) is 0.483. The number of fused-ring (bicyclic) bond motifs is 2. The molecule has 1 spiro atoms. The number of amides is 2. The van der Waals surface area contributed by atoms with E-state index in [1.54, 1.807) is 41.3 Å². The number of aliphatic hydroxyl groups excluding tert-OH is 1. The Morgan fingerprint density at radius 1 is 1.15 bits per heavy atom. The second kappa shape index (κ2) is 11.6. The van der Waals surface area contributed by atoms with E-state index in [2.05, 4.69) is 5.32 Å². The van der Waals surface area contributed by atoms with Crippen LogP contribution >= 0.6 is 0 Å². The first-order valence-corrected chi connectivity index (χ1v) is 16.5. The minimum atomic E-state index is -2.81. The summed E-state index contributed by atoms with van der Waals surface area (Å²) < 4.78 is 11.3. The average Bonchev–Trinajstić information content (AvgIpc) is 3.33. The third-order valence-corrected chi connectivity index (χ3v) is 10.4. The Morgan fingerprint density at radius 3 is 2.51 bits per heavy atom. The highest BCUT2D eigenvalue weighted by atomic mass is 28.4. The van der Waals surface area contributed by atoms with Gasteiger partial charge in [0.05, 0.1) is 18.9 Å². The summed E-state index contributed by atoms with van der Waals surface area (Å²) in [4.78, 5) is 51.6. The molecule has 10 heteroatoms. The Bertz CT molecular complexity index is 1220. The maximum Gasteiger partial charge on any atom is 0.305 e. The second-order valence-corrected chi connectivity index (χ2v) is 14.9. The SMILES string of the molecule is COC(=O)CCCCN1C(=O)[C@]2(O[C@H](CCO)[C@@H]([Si](C)(C)O)[C@@H]2C)c2cc(NC(=O)c3ccccc3)ccc21. The fourth-order valence-corrected chi connectivity index (χ4v) is 8.81. The van der Waals surface area contributed by atoms with E-state index >= 15 is 0 Å². The standard InChI is InChI=1S/C29H38N2O7Si/c1-19-26(39(3,4)36)24(15-17-32)38-29(19)22-18-21(30-27(34)20-10-6-5-7-11-20)13-14-23(22)31(28(29)35)16-9-8-12-25(33)37-2/h5-7,10-11,13-14,18-19,24,26,32,36H,8-9,12,15-17H2,1-4H3,(H,30,34)/t19-,24+,26-,29+/m0/s1. The van der Waals surface area contributed by atoms with Crippen LogP contribution in [0, 0.1) is 5.92 Å². The molecule has 0 radical (unpaired) electrons. The zero-order valence-corrected chi connectivity index (χ0v) is 24.0. The number of nitrogens with one attached hydrogen (secondary N) is 1. The number of benzene rings is 2. The number of methoxy groups -OCH3 is 1. The average molecular weight is 555 g/mol. The van der Waals surface area contributed by atoms with Crippen LogP contribution in [0.2, 0.25) is 18.6 Å². The number of carbonyl (C=O) groups is 3. The number of hydrogen-bond acceptors (Lipinski definition) is 7. The van der Waals surface area contributed by atoms with E-state index in [0.29, 0.717) is 48.3 Å². The Labute approximate surface area is 230 Å². The van der Waals surface area contributed by atoms with Gasteiger partial charge >= 0.3 is 5.97 Å². The molecule has 4 rings (SSSR count). The van der Waals surface area contributed by atoms with Crippen molar-refractivity contribution in [2.45, 2.75) is 62.9 Å². The van der Waals surface area contributed by atoms with Gasteiger partial charge in [-0.25, -0.2) is 0 Å². The van der Waals surface area contributed by atoms with E-state index in [9.17, 15) is 24.3 Å². The predicted octanol–water partition coefficient (Wildman–Crippen LogP) is 3.81. The number of esters is 1. The maximum atomic E-state index is 14.3. The molecule has 2 amide bonds. The highest BCUT2D eigenvalue weighted by molar-refractivity contribution is 6.71. The van der Waals surface area contributed by atoms with Gasteiger partial charge in [-0.3, -0.25) is 14.4 Å². The lowest BCUT2D eigenvalue weighted by atomic mass is 9.82. The summed E-state index contributed by atoms with van der Waals surface area (Å²) in [5.74, 6) is -1.16. The lowest BCUT2D eigenvalue weighted by molar-refractivity contribution is -0.146. The normalized spacial score (nSPS) is 24.2. The Kier molecular flexibility index (Phi) is 8.60. The predicted molar refractivity (Wildman–Crippen MR) is 150 cm³/mol. The molecule has 2 heterocycles. The van der Waals surface area contributed by atoms with Gasteiger partial charge in [0.1, 0.15) is 0 Å². The molecule has 2 aliphatic rings. The number of ether oxygens (including phenoxy) is 2. The minimum absolute atomic E-state index is 0.125. The summed E-state index contributed by atoms with van der Waals surface area (Å²) in [6.07, 6.45) is 1.22. The molecular formula is C29H38N2O7Si. The number of rotatable bonds is 10. The van der Waals surface area contributed by atoms with Crippen LogP contribution in [0.4, 0.5) is 11.4 Å². The molecule has 1 saturated heterocycles. The first kappa shape index (κ1) is 28.9. The molecule has 1 fully saturated rings. The van der Waals surface area contributed by atoms with Gasteiger partial charge in [-0.15, -0.1) is 0 Å². The van der Waals surface area contributed by atoms with Crippen LogP contribution in [0.1, 0.15) is 48.5 Å². The van der Waals surface area contributed by atoms with E-state index in [4.69, 9.17) is 9.47 Å². The number of anilines is 2. The molecule has 39 heavy (non-hydrogen) atoms. The molecular weight excluding hydrogens is 516 g/mol. The van der Waals surface area contributed by atoms with Crippen molar-refractivity contribution in [3.63, 3.8) is 0 Å². The van der Waals surface area contributed by atoms with Gasteiger partial charge in [0, 0.05) is 47.8 Å². The molecule has 0 aliphatic carbocycles. The largest absolute Gasteiger partial charge is 0.469 e. The number of hydrogen-bond donors (Lipinski definition) is 3. The Balaban J connectivity index is 1.72. The van der Waals surface area contributed by atoms with Crippen molar-refractivity contribution in [1.82, 2.24) is 0 Å². The Hall–Kier alpha value is -3.05. The number of carbonyl (C=O) groups excluding carboxylic acids is 3. The molecule has 3 N–H and O–H groups in total. The van der Waals surface area contributed by atoms with Gasteiger partial charge in [0.2, 0.25) is 0 Å². The third kappa shape index (κ3) is 5.51. The van der Waals surface area contributed by atoms with E-state index in [1.165, 1.54) is 7.11 Å². The van der Waals surface area contributed by atoms with Gasteiger partial charge in [0.15, 0.2) is 13.9 Å². The van der Waals surface area contributed by atoms with Crippen LogP contribution in [0.5, 0.6) is 0 Å². The van der Waals surface area contributed by atoms with Crippen molar-refractivity contribution in [3.8, 4) is 0 Å². The zero-order valence-electron chi connectivity index (χ0n) is 23.0. The summed E-state index contributed by atoms with van der Waals surface area (Å²) in [7, 11) is -1.46. The lowest BCUT2D eigenvalue weighted by Crippen LogP contribution is -2.46. The van der Waals surface area contributed by atoms with E-state index in [0.717, 1.165) is 0 Å². The van der Waals surface area contributed by atoms with Crippen LogP contribution in [-0.2, 0) is 24.7 Å². The van der Waals surface area contributed by atoms with Gasteiger partial charge in [-0.2, -0.15) is 0 Å². The fourth-order valence-electron chi connectivity index (χ4n) is 6.21. The van der Waals surface area contributed by atoms with Gasteiger partial charge < -0.3 is 29.6 Å². The molecule has 0 unspecified atom stereocenters. The van der Waals surface area contributed by atoms with Gasteiger partial charge in [-0.05, 0) is 62.7 Å². The summed E-state index contributed by atoms with van der Waals surface area (Å²) in [6, 6.07) is 14.2. The number of unbranched alkanes of at least 4 members (excludes halogenated alkanes) is 1. The monoisotopic (exact) mass is 554 g/mol. The van der Waals surface area contributed by atoms with Crippen molar-refractivity contribution in [3.05, 3.63) is 59.7 Å². The van der Waals surface area contributed by atoms with Crippen molar-refractivity contribution in [2.24, 2.45) is 5.92 Å². The van der Waals surface area contributed by atoms with Crippen molar-refractivity contribution < 1.29 is 33.8 Å². The van der Waals surface area contributed by atoms with Crippen molar-refractivity contribution >= 4 is 37.5 Å².